The standard InChI is InChI=1S/C35H28OS/c1-34(2)30-17-11-10-16-27(30)31-26-19-18-25(37-3)22-29(26)33-28(32(31)34)20-21-35(36-33,23-12-6-4-7-13-23)24-14-8-5-9-15-24/h4-22H,1-3H3. The van der Waals surface area contributed by atoms with Crippen LogP contribution in [-0.2, 0) is 11.0 Å². The van der Waals surface area contributed by atoms with Gasteiger partial charge in [0, 0.05) is 32.4 Å². The van der Waals surface area contributed by atoms with E-state index in [0.717, 1.165) is 16.9 Å². The average molecular weight is 497 g/mol. The Kier molecular flexibility index (Phi) is 4.93. The summed E-state index contributed by atoms with van der Waals surface area (Å²) in [4.78, 5) is 1.24. The van der Waals surface area contributed by atoms with Crippen LogP contribution in [0.5, 0.6) is 5.75 Å². The molecule has 1 heterocycles. The first-order chi connectivity index (χ1) is 18.0. The van der Waals surface area contributed by atoms with E-state index >= 15 is 0 Å². The Hall–Kier alpha value is -3.75. The van der Waals surface area contributed by atoms with Crippen molar-refractivity contribution in [3.8, 4) is 16.9 Å². The zero-order valence-corrected chi connectivity index (χ0v) is 22.1. The van der Waals surface area contributed by atoms with Crippen molar-refractivity contribution in [2.45, 2.75) is 29.8 Å². The molecule has 0 saturated heterocycles. The quantitative estimate of drug-likeness (QED) is 0.230. The monoisotopic (exact) mass is 496 g/mol. The number of thioether (sulfide) groups is 1. The van der Waals surface area contributed by atoms with E-state index in [1.165, 1.54) is 43.5 Å². The van der Waals surface area contributed by atoms with Crippen LogP contribution >= 0.6 is 11.8 Å². The maximum Gasteiger partial charge on any atom is 0.178 e. The molecule has 0 N–H and O–H groups in total. The lowest BCUT2D eigenvalue weighted by molar-refractivity contribution is 0.163. The van der Waals surface area contributed by atoms with Gasteiger partial charge in [-0.1, -0.05) is 111 Å². The van der Waals surface area contributed by atoms with Crippen LogP contribution in [0.4, 0.5) is 0 Å². The minimum Gasteiger partial charge on any atom is -0.472 e. The van der Waals surface area contributed by atoms with Crippen molar-refractivity contribution >= 4 is 28.6 Å². The molecule has 0 saturated carbocycles. The van der Waals surface area contributed by atoms with E-state index in [2.05, 4.69) is 135 Å². The van der Waals surface area contributed by atoms with Crippen LogP contribution in [0, 0.1) is 0 Å². The summed E-state index contributed by atoms with van der Waals surface area (Å²) in [5, 5.41) is 2.43. The molecular formula is C35H28OS. The summed E-state index contributed by atoms with van der Waals surface area (Å²) >= 11 is 1.77. The van der Waals surface area contributed by atoms with Gasteiger partial charge in [-0.15, -0.1) is 11.8 Å². The van der Waals surface area contributed by atoms with Crippen molar-refractivity contribution in [3.05, 3.63) is 137 Å². The van der Waals surface area contributed by atoms with E-state index in [-0.39, 0.29) is 5.41 Å². The fraction of sp³-hybridized carbons (Fsp3) is 0.143. The minimum atomic E-state index is -0.707. The Morgan fingerprint density at radius 3 is 2.03 bits per heavy atom. The predicted molar refractivity (Wildman–Crippen MR) is 157 cm³/mol. The number of hydrogen-bond acceptors (Lipinski definition) is 2. The van der Waals surface area contributed by atoms with Crippen LogP contribution in [-0.4, -0.2) is 6.26 Å². The van der Waals surface area contributed by atoms with Gasteiger partial charge in [-0.05, 0) is 52.1 Å². The Labute approximate surface area is 222 Å². The summed E-state index contributed by atoms with van der Waals surface area (Å²) in [6.45, 7) is 4.70. The molecule has 0 bridgehead atoms. The van der Waals surface area contributed by atoms with Gasteiger partial charge in [0.2, 0.25) is 0 Å². The molecule has 1 aliphatic heterocycles. The van der Waals surface area contributed by atoms with E-state index in [1.807, 2.05) is 0 Å². The van der Waals surface area contributed by atoms with Crippen LogP contribution in [0.2, 0.25) is 0 Å². The van der Waals surface area contributed by atoms with Crippen molar-refractivity contribution in [3.63, 3.8) is 0 Å². The smallest absolute Gasteiger partial charge is 0.178 e. The summed E-state index contributed by atoms with van der Waals surface area (Å²) in [5.74, 6) is 0.973. The topological polar surface area (TPSA) is 9.23 Å². The lowest BCUT2D eigenvalue weighted by atomic mass is 9.77. The molecule has 0 aromatic heterocycles. The maximum absolute atomic E-state index is 7.33. The van der Waals surface area contributed by atoms with Crippen molar-refractivity contribution in [1.29, 1.82) is 0 Å². The summed E-state index contributed by atoms with van der Waals surface area (Å²) in [6, 6.07) is 36.9. The summed E-state index contributed by atoms with van der Waals surface area (Å²) < 4.78 is 7.33. The summed E-state index contributed by atoms with van der Waals surface area (Å²) in [6.07, 6.45) is 6.73. The van der Waals surface area contributed by atoms with E-state index < -0.39 is 5.60 Å². The molecular weight excluding hydrogens is 468 g/mol. The van der Waals surface area contributed by atoms with Crippen molar-refractivity contribution in [2.75, 3.05) is 6.26 Å². The number of ether oxygens (including phenoxy) is 1. The lowest BCUT2D eigenvalue weighted by Crippen LogP contribution is -2.35. The van der Waals surface area contributed by atoms with Crippen LogP contribution in [0.3, 0.4) is 0 Å². The summed E-state index contributed by atoms with van der Waals surface area (Å²) in [5.41, 5.74) is 8.04. The largest absolute Gasteiger partial charge is 0.472 e. The Bertz CT molecular complexity index is 1660. The Morgan fingerprint density at radius 1 is 0.703 bits per heavy atom. The molecule has 2 aliphatic rings. The molecule has 5 aromatic rings. The average Bonchev–Trinajstić information content (AvgIpc) is 3.20. The van der Waals surface area contributed by atoms with Gasteiger partial charge < -0.3 is 4.74 Å². The molecule has 180 valence electrons. The molecule has 0 fully saturated rings. The van der Waals surface area contributed by atoms with Crippen molar-refractivity contribution < 1.29 is 4.74 Å². The van der Waals surface area contributed by atoms with Gasteiger partial charge in [0.25, 0.3) is 0 Å². The number of hydrogen-bond donors (Lipinski definition) is 0. The highest BCUT2D eigenvalue weighted by Crippen LogP contribution is 2.58. The first kappa shape index (κ1) is 22.4. The third kappa shape index (κ3) is 3.12. The van der Waals surface area contributed by atoms with Gasteiger partial charge in [-0.2, -0.15) is 0 Å². The second-order valence-corrected chi connectivity index (χ2v) is 11.4. The Balaban J connectivity index is 1.59. The van der Waals surface area contributed by atoms with Gasteiger partial charge in [-0.3, -0.25) is 0 Å². The molecule has 1 nitrogen and oxygen atoms in total. The third-order valence-corrected chi connectivity index (χ3v) is 8.88. The molecule has 0 amide bonds. The molecule has 5 aromatic carbocycles. The predicted octanol–water partition coefficient (Wildman–Crippen LogP) is 9.22. The van der Waals surface area contributed by atoms with Gasteiger partial charge >= 0.3 is 0 Å². The highest BCUT2D eigenvalue weighted by Gasteiger charge is 2.44. The van der Waals surface area contributed by atoms with Crippen LogP contribution < -0.4 is 4.74 Å². The van der Waals surface area contributed by atoms with Gasteiger partial charge in [0.05, 0.1) is 0 Å². The van der Waals surface area contributed by atoms with Crippen LogP contribution in [0.25, 0.3) is 28.0 Å². The first-order valence-electron chi connectivity index (χ1n) is 12.8. The van der Waals surface area contributed by atoms with Gasteiger partial charge in [0.1, 0.15) is 5.75 Å². The number of benzene rings is 5. The third-order valence-electron chi connectivity index (χ3n) is 8.15. The molecule has 37 heavy (non-hydrogen) atoms. The van der Waals surface area contributed by atoms with E-state index in [0.29, 0.717) is 0 Å². The maximum atomic E-state index is 7.33. The van der Waals surface area contributed by atoms with Crippen molar-refractivity contribution in [2.24, 2.45) is 0 Å². The zero-order valence-electron chi connectivity index (χ0n) is 21.3. The molecule has 7 rings (SSSR count). The molecule has 0 atom stereocenters. The summed E-state index contributed by atoms with van der Waals surface area (Å²) in [7, 11) is 0. The molecule has 0 spiro atoms. The second kappa shape index (κ2) is 8.13. The van der Waals surface area contributed by atoms with Crippen LogP contribution in [0.15, 0.2) is 114 Å². The number of rotatable bonds is 3. The zero-order chi connectivity index (χ0) is 25.2. The highest BCUT2D eigenvalue weighted by molar-refractivity contribution is 7.98. The molecule has 0 unspecified atom stereocenters. The van der Waals surface area contributed by atoms with Crippen LogP contribution in [0.1, 0.15) is 41.7 Å². The highest BCUT2D eigenvalue weighted by atomic mass is 32.2. The second-order valence-electron chi connectivity index (χ2n) is 10.5. The van der Waals surface area contributed by atoms with E-state index in [1.54, 1.807) is 11.8 Å². The van der Waals surface area contributed by atoms with Gasteiger partial charge in [-0.25, -0.2) is 0 Å². The van der Waals surface area contributed by atoms with E-state index in [9.17, 15) is 0 Å². The minimum absolute atomic E-state index is 0.129. The first-order valence-corrected chi connectivity index (χ1v) is 14.0. The lowest BCUT2D eigenvalue weighted by Gasteiger charge is -2.38. The fourth-order valence-electron chi connectivity index (χ4n) is 6.41. The van der Waals surface area contributed by atoms with E-state index in [4.69, 9.17) is 4.74 Å². The molecule has 0 radical (unpaired) electrons. The van der Waals surface area contributed by atoms with Crippen molar-refractivity contribution in [1.82, 2.24) is 0 Å². The number of fused-ring (bicyclic) bond motifs is 8. The SMILES string of the molecule is CSc1ccc2c3c(c4c(c2c1)OC(c1ccccc1)(c1ccccc1)C=C4)C(C)(C)c1ccccc1-3. The molecule has 1 aliphatic carbocycles. The Morgan fingerprint density at radius 2 is 1.35 bits per heavy atom. The fourth-order valence-corrected chi connectivity index (χ4v) is 6.85. The van der Waals surface area contributed by atoms with Gasteiger partial charge in [0.15, 0.2) is 5.60 Å². The normalized spacial score (nSPS) is 16.1. The molecule has 2 heteroatoms.